The van der Waals surface area contributed by atoms with Gasteiger partial charge in [0.1, 0.15) is 11.8 Å². The van der Waals surface area contributed by atoms with Crippen molar-refractivity contribution in [2.75, 3.05) is 7.11 Å². The molecule has 0 aromatic heterocycles. The monoisotopic (exact) mass is 538 g/mol. The van der Waals surface area contributed by atoms with Gasteiger partial charge in [-0.1, -0.05) is 35.4 Å². The molecule has 37 heavy (non-hydrogen) atoms. The van der Waals surface area contributed by atoms with Crippen molar-refractivity contribution in [3.63, 3.8) is 0 Å². The Kier molecular flexibility index (Phi) is 5.69. The molecule has 9 heteroatoms. The normalized spacial score (nSPS) is 29.6. The van der Waals surface area contributed by atoms with E-state index in [-0.39, 0.29) is 27.4 Å². The molecule has 2 aromatic rings. The van der Waals surface area contributed by atoms with Gasteiger partial charge in [-0.25, -0.2) is 5.01 Å². The predicted molar refractivity (Wildman–Crippen MR) is 136 cm³/mol. The molecule has 5 aliphatic rings. The van der Waals surface area contributed by atoms with Crippen LogP contribution in [0.4, 0.5) is 0 Å². The van der Waals surface area contributed by atoms with Crippen LogP contribution >= 0.6 is 23.2 Å². The van der Waals surface area contributed by atoms with Crippen molar-refractivity contribution >= 4 is 46.7 Å². The number of imide groups is 1. The smallest absolute Gasteiger partial charge is 0.273 e. The lowest BCUT2D eigenvalue weighted by Crippen LogP contribution is -2.56. The van der Waals surface area contributed by atoms with Crippen LogP contribution in [0, 0.1) is 35.5 Å². The number of ether oxygens (including phenoxy) is 1. The van der Waals surface area contributed by atoms with Gasteiger partial charge in [-0.15, -0.1) is 0 Å². The van der Waals surface area contributed by atoms with Crippen molar-refractivity contribution in [2.45, 2.75) is 19.4 Å². The third kappa shape index (κ3) is 3.62. The quantitative estimate of drug-likeness (QED) is 0.302. The highest BCUT2D eigenvalue weighted by molar-refractivity contribution is 6.42. The van der Waals surface area contributed by atoms with E-state index in [1.54, 1.807) is 24.3 Å². The number of carbonyl (C=O) groups excluding carboxylic acids is 4. The molecular weight excluding hydrogens is 515 g/mol. The predicted octanol–water partition coefficient (Wildman–Crippen LogP) is 4.68. The summed E-state index contributed by atoms with van der Waals surface area (Å²) in [5, 5.41) is 2.36. The highest BCUT2D eigenvalue weighted by Crippen LogP contribution is 2.65. The number of hydrazine groups is 1. The number of nitrogens with zero attached hydrogens (tertiary/aromatic N) is 2. The Morgan fingerprint density at radius 1 is 0.919 bits per heavy atom. The molecule has 7 rings (SSSR count). The van der Waals surface area contributed by atoms with Gasteiger partial charge in [0.05, 0.1) is 29.0 Å². The maximum absolute atomic E-state index is 13.9. The molecule has 3 amide bonds. The van der Waals surface area contributed by atoms with E-state index < -0.39 is 41.4 Å². The topological polar surface area (TPSA) is 84.0 Å². The largest absolute Gasteiger partial charge is 0.497 e. The number of hydrogen-bond donors (Lipinski definition) is 0. The Balaban J connectivity index is 1.40. The number of rotatable bonds is 6. The van der Waals surface area contributed by atoms with Crippen LogP contribution in [0.15, 0.2) is 54.6 Å². The first-order valence-electron chi connectivity index (χ1n) is 12.3. The molecule has 0 radical (unpaired) electrons. The van der Waals surface area contributed by atoms with Crippen molar-refractivity contribution in [2.24, 2.45) is 35.5 Å². The fraction of sp³-hybridized carbons (Fsp3) is 0.357. The number of allylic oxidation sites excluding steroid dienone is 2. The van der Waals surface area contributed by atoms with E-state index in [1.807, 2.05) is 0 Å². The average molecular weight is 539 g/mol. The van der Waals surface area contributed by atoms with Crippen molar-refractivity contribution < 1.29 is 23.9 Å². The van der Waals surface area contributed by atoms with Crippen LogP contribution in [0.25, 0.3) is 0 Å². The summed E-state index contributed by atoms with van der Waals surface area (Å²) in [7, 11) is 1.52. The van der Waals surface area contributed by atoms with E-state index in [4.69, 9.17) is 27.9 Å². The zero-order valence-corrected chi connectivity index (χ0v) is 21.6. The zero-order chi connectivity index (χ0) is 26.2. The number of amides is 3. The summed E-state index contributed by atoms with van der Waals surface area (Å²) in [4.78, 5) is 55.2. The highest BCUT2D eigenvalue weighted by atomic mass is 35.5. The summed E-state index contributed by atoms with van der Waals surface area (Å²) in [6, 6.07) is 9.62. The van der Waals surface area contributed by atoms with Gasteiger partial charge in [0.25, 0.3) is 17.7 Å². The SMILES string of the molecule is COc1ccc(C(=O)[C@H](C)N(C(=O)c2ccc(Cl)c(Cl)c2)N2C(=O)[C@@H]3[C@H]4C=C[C@@H]([C@@H]5C[C@H]45)[C@@H]3C2=O)cc1. The first-order chi connectivity index (χ1) is 17.7. The third-order valence-electron chi connectivity index (χ3n) is 8.35. The molecule has 0 N–H and O–H groups in total. The van der Waals surface area contributed by atoms with Gasteiger partial charge in [0.2, 0.25) is 0 Å². The van der Waals surface area contributed by atoms with Crippen LogP contribution in [-0.2, 0) is 9.59 Å². The number of methoxy groups -OCH3 is 1. The minimum atomic E-state index is -1.15. The Hall–Kier alpha value is -3.16. The number of carbonyl (C=O) groups is 4. The number of ketones is 1. The Bertz CT molecular complexity index is 1340. The lowest BCUT2D eigenvalue weighted by molar-refractivity contribution is -0.156. The van der Waals surface area contributed by atoms with Gasteiger partial charge < -0.3 is 4.74 Å². The van der Waals surface area contributed by atoms with Gasteiger partial charge >= 0.3 is 0 Å². The van der Waals surface area contributed by atoms with Gasteiger partial charge in [-0.2, -0.15) is 5.01 Å². The molecule has 3 fully saturated rings. The summed E-state index contributed by atoms with van der Waals surface area (Å²) in [5.74, 6) is -1.64. The van der Waals surface area contributed by atoms with Crippen molar-refractivity contribution in [1.82, 2.24) is 10.0 Å². The summed E-state index contributed by atoms with van der Waals surface area (Å²) >= 11 is 12.2. The molecule has 0 spiro atoms. The maximum atomic E-state index is 13.9. The molecule has 7 atom stereocenters. The molecule has 1 heterocycles. The lowest BCUT2D eigenvalue weighted by Gasteiger charge is -2.37. The summed E-state index contributed by atoms with van der Waals surface area (Å²) in [6.45, 7) is 1.52. The zero-order valence-electron chi connectivity index (χ0n) is 20.1. The second kappa shape index (κ2) is 8.71. The second-order valence-electron chi connectivity index (χ2n) is 10.2. The van der Waals surface area contributed by atoms with E-state index in [0.29, 0.717) is 23.1 Å². The first kappa shape index (κ1) is 24.2. The summed E-state index contributed by atoms with van der Waals surface area (Å²) in [5.41, 5.74) is 0.433. The maximum Gasteiger partial charge on any atom is 0.273 e. The molecule has 2 bridgehead atoms. The lowest BCUT2D eigenvalue weighted by atomic mass is 9.63. The van der Waals surface area contributed by atoms with Crippen molar-refractivity contribution in [1.29, 1.82) is 0 Å². The molecule has 4 aliphatic carbocycles. The Morgan fingerprint density at radius 2 is 1.49 bits per heavy atom. The fourth-order valence-corrected chi connectivity index (χ4v) is 6.76. The van der Waals surface area contributed by atoms with Crippen LogP contribution in [0.5, 0.6) is 5.75 Å². The molecule has 190 valence electrons. The second-order valence-corrected chi connectivity index (χ2v) is 11.0. The Labute approximate surface area is 223 Å². The van der Waals surface area contributed by atoms with E-state index in [9.17, 15) is 19.2 Å². The minimum absolute atomic E-state index is 0.0176. The number of Topliss-reactive ketones (excluding diaryl/α,β-unsaturated/α-hetero) is 1. The molecule has 2 aromatic carbocycles. The molecule has 2 saturated carbocycles. The van der Waals surface area contributed by atoms with Crippen LogP contribution in [0.1, 0.15) is 34.1 Å². The molecule has 0 unspecified atom stereocenters. The summed E-state index contributed by atoms with van der Waals surface area (Å²) < 4.78 is 5.17. The molecular formula is C28H24Cl2N2O5. The minimum Gasteiger partial charge on any atom is -0.497 e. The van der Waals surface area contributed by atoms with Crippen LogP contribution in [0.3, 0.4) is 0 Å². The van der Waals surface area contributed by atoms with Crippen LogP contribution in [-0.4, -0.2) is 46.7 Å². The summed E-state index contributed by atoms with van der Waals surface area (Å²) in [6.07, 6.45) is 5.14. The van der Waals surface area contributed by atoms with Gasteiger partial charge in [0.15, 0.2) is 5.78 Å². The van der Waals surface area contributed by atoms with Gasteiger partial charge in [-0.05, 0) is 79.5 Å². The van der Waals surface area contributed by atoms with Gasteiger partial charge in [0, 0.05) is 11.1 Å². The highest BCUT2D eigenvalue weighted by Gasteiger charge is 2.68. The van der Waals surface area contributed by atoms with E-state index in [2.05, 4.69) is 12.2 Å². The van der Waals surface area contributed by atoms with Crippen molar-refractivity contribution in [3.05, 3.63) is 75.8 Å². The number of benzene rings is 2. The van der Waals surface area contributed by atoms with E-state index in [0.717, 1.165) is 16.4 Å². The van der Waals surface area contributed by atoms with Crippen molar-refractivity contribution in [3.8, 4) is 5.75 Å². The first-order valence-corrected chi connectivity index (χ1v) is 13.0. The van der Waals surface area contributed by atoms with Crippen LogP contribution in [0.2, 0.25) is 10.0 Å². The van der Waals surface area contributed by atoms with Crippen LogP contribution < -0.4 is 4.74 Å². The van der Waals surface area contributed by atoms with E-state index in [1.165, 1.54) is 32.2 Å². The molecule has 1 aliphatic heterocycles. The average Bonchev–Trinajstić information content (AvgIpc) is 3.70. The fourth-order valence-electron chi connectivity index (χ4n) is 6.46. The number of hydrogen-bond acceptors (Lipinski definition) is 5. The standard InChI is InChI=1S/C28H24Cl2N2O5/c1-13(25(33)14-3-6-16(37-2)7-4-14)31(26(34)15-5-10-21(29)22(30)11-15)32-27(35)23-17-8-9-18(20-12-19(17)20)24(23)28(32)36/h3-11,13,17-20,23-24H,12H2,1-2H3/t13-,17-,18-,19-,20+,23-,24+/m0/s1. The van der Waals surface area contributed by atoms with E-state index >= 15 is 0 Å². The van der Waals surface area contributed by atoms with Gasteiger partial charge in [-0.3, -0.25) is 19.2 Å². The molecule has 1 saturated heterocycles. The third-order valence-corrected chi connectivity index (χ3v) is 9.09. The number of halogens is 2. The molecule has 7 nitrogen and oxygen atoms in total. The Morgan fingerprint density at radius 3 is 2.03 bits per heavy atom.